The Kier molecular flexibility index (Phi) is 3.99. The monoisotopic (exact) mass is 320 g/mol. The van der Waals surface area contributed by atoms with Gasteiger partial charge in [0.15, 0.2) is 11.6 Å². The normalized spacial score (nSPS) is 26.3. The lowest BCUT2D eigenvalue weighted by atomic mass is 9.99. The number of nitrogens with zero attached hydrogens (tertiary/aromatic N) is 3. The average molecular weight is 320 g/mol. The fourth-order valence-electron chi connectivity index (χ4n) is 4.10. The molecule has 6 heteroatoms. The predicted octanol–water partition coefficient (Wildman–Crippen LogP) is 2.69. The summed E-state index contributed by atoms with van der Waals surface area (Å²) in [5, 5.41) is 7.25. The molecule has 0 spiro atoms. The number of aromatic amines is 1. The zero-order chi connectivity index (χ0) is 16.8. The highest BCUT2D eigenvalue weighted by molar-refractivity contribution is 5.84. The van der Waals surface area contributed by atoms with Crippen LogP contribution in [0, 0.1) is 16.7 Å². The van der Waals surface area contributed by atoms with Gasteiger partial charge >= 0.3 is 0 Å². The first kappa shape index (κ1) is 16.4. The highest BCUT2D eigenvalue weighted by atomic mass is 16.5. The van der Waals surface area contributed by atoms with Crippen LogP contribution in [0.3, 0.4) is 0 Å². The Morgan fingerprint density at radius 1 is 1.30 bits per heavy atom. The number of carbonyl (C=O) groups excluding carboxylic acids is 1. The molecule has 128 valence electrons. The fourth-order valence-corrected chi connectivity index (χ4v) is 4.10. The molecule has 2 fully saturated rings. The Balaban J connectivity index is 1.80. The number of nitrogens with one attached hydrogen (secondary N) is 1. The molecule has 1 N–H and O–H groups in total. The van der Waals surface area contributed by atoms with E-state index >= 15 is 0 Å². The number of H-pyrrole nitrogens is 1. The van der Waals surface area contributed by atoms with Crippen molar-refractivity contribution in [2.45, 2.75) is 59.6 Å². The SMILES string of the molecule is COCc1nc([C@H]2CCCCN2C(=O)C2C(C)(C)C2(C)C)n[nH]1. The van der Waals surface area contributed by atoms with Gasteiger partial charge in [-0.05, 0) is 30.1 Å². The predicted molar refractivity (Wildman–Crippen MR) is 86.5 cm³/mol. The highest BCUT2D eigenvalue weighted by Gasteiger charge is 2.69. The van der Waals surface area contributed by atoms with Gasteiger partial charge in [-0.25, -0.2) is 4.98 Å². The molecule has 0 aromatic carbocycles. The molecule has 3 rings (SSSR count). The van der Waals surface area contributed by atoms with Gasteiger partial charge in [0.05, 0.1) is 6.04 Å². The van der Waals surface area contributed by atoms with Gasteiger partial charge < -0.3 is 9.64 Å². The molecular formula is C17H28N4O2. The summed E-state index contributed by atoms with van der Waals surface area (Å²) in [5.74, 6) is 1.80. The van der Waals surface area contributed by atoms with Crippen molar-refractivity contribution in [1.82, 2.24) is 20.1 Å². The van der Waals surface area contributed by atoms with Crippen molar-refractivity contribution in [1.29, 1.82) is 0 Å². The number of amides is 1. The smallest absolute Gasteiger partial charge is 0.227 e. The van der Waals surface area contributed by atoms with Crippen LogP contribution in [-0.4, -0.2) is 39.6 Å². The number of aromatic nitrogens is 3. The minimum Gasteiger partial charge on any atom is -0.377 e. The number of methoxy groups -OCH3 is 1. The molecule has 2 aliphatic rings. The van der Waals surface area contributed by atoms with Crippen molar-refractivity contribution in [2.24, 2.45) is 16.7 Å². The summed E-state index contributed by atoms with van der Waals surface area (Å²) >= 11 is 0. The topological polar surface area (TPSA) is 71.1 Å². The van der Waals surface area contributed by atoms with E-state index in [4.69, 9.17) is 4.74 Å². The van der Waals surface area contributed by atoms with E-state index in [9.17, 15) is 4.79 Å². The van der Waals surface area contributed by atoms with Gasteiger partial charge in [-0.3, -0.25) is 9.89 Å². The molecular weight excluding hydrogens is 292 g/mol. The van der Waals surface area contributed by atoms with Crippen molar-refractivity contribution >= 4 is 5.91 Å². The summed E-state index contributed by atoms with van der Waals surface area (Å²) in [6, 6.07) is -0.00898. The number of ether oxygens (including phenoxy) is 1. The van der Waals surface area contributed by atoms with Crippen molar-refractivity contribution in [3.8, 4) is 0 Å². The Morgan fingerprint density at radius 2 is 2.00 bits per heavy atom. The Hall–Kier alpha value is -1.43. The molecule has 1 aliphatic heterocycles. The van der Waals surface area contributed by atoms with Gasteiger partial charge in [0.1, 0.15) is 6.61 Å². The van der Waals surface area contributed by atoms with E-state index in [-0.39, 0.29) is 28.7 Å². The third kappa shape index (κ3) is 2.57. The van der Waals surface area contributed by atoms with Crippen LogP contribution in [0.25, 0.3) is 0 Å². The molecule has 0 radical (unpaired) electrons. The van der Waals surface area contributed by atoms with Gasteiger partial charge in [0, 0.05) is 19.6 Å². The van der Waals surface area contributed by atoms with Crippen LogP contribution in [0.4, 0.5) is 0 Å². The first-order valence-corrected chi connectivity index (χ1v) is 8.51. The van der Waals surface area contributed by atoms with Gasteiger partial charge in [0.25, 0.3) is 0 Å². The molecule has 1 aromatic heterocycles. The van der Waals surface area contributed by atoms with Crippen molar-refractivity contribution in [3.05, 3.63) is 11.6 Å². The molecule has 6 nitrogen and oxygen atoms in total. The third-order valence-corrected chi connectivity index (χ3v) is 6.18. The number of carbonyl (C=O) groups is 1. The second-order valence-electron chi connectivity index (χ2n) is 7.99. The quantitative estimate of drug-likeness (QED) is 0.926. The van der Waals surface area contributed by atoms with Gasteiger partial charge in [-0.2, -0.15) is 5.10 Å². The zero-order valence-corrected chi connectivity index (χ0v) is 14.8. The van der Waals surface area contributed by atoms with Crippen molar-refractivity contribution in [2.75, 3.05) is 13.7 Å². The van der Waals surface area contributed by atoms with Crippen molar-refractivity contribution in [3.63, 3.8) is 0 Å². The summed E-state index contributed by atoms with van der Waals surface area (Å²) in [6.07, 6.45) is 3.11. The maximum atomic E-state index is 13.1. The zero-order valence-electron chi connectivity index (χ0n) is 14.8. The summed E-state index contributed by atoms with van der Waals surface area (Å²) in [5.41, 5.74) is 0.124. The summed E-state index contributed by atoms with van der Waals surface area (Å²) in [6.45, 7) is 9.99. The maximum absolute atomic E-state index is 13.1. The van der Waals surface area contributed by atoms with Crippen LogP contribution in [0.2, 0.25) is 0 Å². The van der Waals surface area contributed by atoms with E-state index < -0.39 is 0 Å². The number of hydrogen-bond acceptors (Lipinski definition) is 4. The standard InChI is InChI=1S/C17H28N4O2/c1-16(2)13(17(16,3)4)15(22)21-9-7-6-8-11(21)14-18-12(10-23-5)19-20-14/h11,13H,6-10H2,1-5H3,(H,18,19,20)/t11-/m1/s1. The second kappa shape index (κ2) is 5.58. The van der Waals surface area contributed by atoms with Crippen LogP contribution >= 0.6 is 0 Å². The first-order valence-electron chi connectivity index (χ1n) is 8.51. The van der Waals surface area contributed by atoms with Gasteiger partial charge in [-0.15, -0.1) is 0 Å². The van der Waals surface area contributed by atoms with E-state index in [1.165, 1.54) is 0 Å². The molecule has 23 heavy (non-hydrogen) atoms. The molecule has 2 heterocycles. The van der Waals surface area contributed by atoms with Crippen LogP contribution < -0.4 is 0 Å². The summed E-state index contributed by atoms with van der Waals surface area (Å²) < 4.78 is 5.09. The van der Waals surface area contributed by atoms with Crippen LogP contribution in [0.5, 0.6) is 0 Å². The maximum Gasteiger partial charge on any atom is 0.227 e. The Morgan fingerprint density at radius 3 is 2.61 bits per heavy atom. The molecule has 1 atom stereocenters. The van der Waals surface area contributed by atoms with Crippen LogP contribution in [0.15, 0.2) is 0 Å². The molecule has 1 amide bonds. The number of likely N-dealkylation sites (tertiary alicyclic amines) is 1. The molecule has 1 aromatic rings. The fraction of sp³-hybridized carbons (Fsp3) is 0.824. The highest BCUT2D eigenvalue weighted by Crippen LogP contribution is 2.69. The van der Waals surface area contributed by atoms with Crippen LogP contribution in [0.1, 0.15) is 64.6 Å². The number of rotatable bonds is 4. The van der Waals surface area contributed by atoms with E-state index in [1.807, 2.05) is 4.90 Å². The Labute approximate surface area is 138 Å². The number of hydrogen-bond donors (Lipinski definition) is 1. The summed E-state index contributed by atoms with van der Waals surface area (Å²) in [7, 11) is 1.63. The molecule has 0 unspecified atom stereocenters. The lowest BCUT2D eigenvalue weighted by Crippen LogP contribution is -2.41. The molecule has 1 saturated carbocycles. The molecule has 1 saturated heterocycles. The number of piperidine rings is 1. The van der Waals surface area contributed by atoms with Gasteiger partial charge in [-0.1, -0.05) is 27.7 Å². The average Bonchev–Trinajstić information content (AvgIpc) is 2.84. The van der Waals surface area contributed by atoms with Gasteiger partial charge in [0.2, 0.25) is 5.91 Å². The first-order chi connectivity index (χ1) is 10.8. The van der Waals surface area contributed by atoms with E-state index in [1.54, 1.807) is 7.11 Å². The van der Waals surface area contributed by atoms with E-state index in [2.05, 4.69) is 42.9 Å². The second-order valence-corrected chi connectivity index (χ2v) is 7.99. The lowest BCUT2D eigenvalue weighted by molar-refractivity contribution is -0.138. The molecule has 1 aliphatic carbocycles. The minimum atomic E-state index is -0.00898. The largest absolute Gasteiger partial charge is 0.377 e. The van der Waals surface area contributed by atoms with Crippen LogP contribution in [-0.2, 0) is 16.1 Å². The Bertz CT molecular complexity index is 579. The third-order valence-electron chi connectivity index (χ3n) is 6.18. The van der Waals surface area contributed by atoms with E-state index in [0.717, 1.165) is 31.6 Å². The lowest BCUT2D eigenvalue weighted by Gasteiger charge is -2.34. The van der Waals surface area contributed by atoms with E-state index in [0.29, 0.717) is 12.4 Å². The minimum absolute atomic E-state index is 0.00898. The molecule has 0 bridgehead atoms. The van der Waals surface area contributed by atoms with Crippen molar-refractivity contribution < 1.29 is 9.53 Å². The summed E-state index contributed by atoms with van der Waals surface area (Å²) in [4.78, 5) is 19.7.